The van der Waals surface area contributed by atoms with Crippen LogP contribution in [-0.2, 0) is 0 Å². The zero-order valence-corrected chi connectivity index (χ0v) is 10.4. The summed E-state index contributed by atoms with van der Waals surface area (Å²) < 4.78 is 0. The van der Waals surface area contributed by atoms with Crippen LogP contribution in [0.15, 0.2) is 12.1 Å². The van der Waals surface area contributed by atoms with Crippen LogP contribution in [0.3, 0.4) is 0 Å². The van der Waals surface area contributed by atoms with E-state index in [-0.39, 0.29) is 10.9 Å². The van der Waals surface area contributed by atoms with Crippen molar-refractivity contribution in [3.05, 3.63) is 27.1 Å². The van der Waals surface area contributed by atoms with Crippen LogP contribution in [0.5, 0.6) is 0 Å². The molecule has 0 bridgehead atoms. The van der Waals surface area contributed by atoms with Crippen molar-refractivity contribution >= 4 is 22.2 Å². The summed E-state index contributed by atoms with van der Waals surface area (Å²) in [5, 5.41) is 16.3. The van der Waals surface area contributed by atoms with E-state index in [4.69, 9.17) is 0 Å². The molecule has 2 N–H and O–H groups in total. The molecule has 1 amide bonds. The van der Waals surface area contributed by atoms with Gasteiger partial charge in [-0.05, 0) is 19.0 Å². The van der Waals surface area contributed by atoms with E-state index in [1.165, 1.54) is 12.1 Å². The third-order valence-corrected chi connectivity index (χ3v) is 3.05. The van der Waals surface area contributed by atoms with Gasteiger partial charge in [-0.2, -0.15) is 0 Å². The van der Waals surface area contributed by atoms with Crippen molar-refractivity contribution < 1.29 is 9.72 Å². The van der Waals surface area contributed by atoms with Gasteiger partial charge in [0.15, 0.2) is 0 Å². The highest BCUT2D eigenvalue weighted by Gasteiger charge is 2.14. The second-order valence-electron chi connectivity index (χ2n) is 3.40. The number of nitrogens with one attached hydrogen (secondary N) is 2. The van der Waals surface area contributed by atoms with Crippen LogP contribution in [-0.4, -0.2) is 30.5 Å². The first-order valence-electron chi connectivity index (χ1n) is 5.38. The number of nitrogens with zero attached hydrogens (tertiary/aromatic N) is 1. The number of carbonyl (C=O) groups excluding carboxylic acids is 1. The summed E-state index contributed by atoms with van der Waals surface area (Å²) in [7, 11) is 0. The molecule has 1 aromatic heterocycles. The van der Waals surface area contributed by atoms with Gasteiger partial charge in [-0.1, -0.05) is 18.3 Å². The van der Waals surface area contributed by atoms with Crippen LogP contribution >= 0.6 is 11.3 Å². The summed E-state index contributed by atoms with van der Waals surface area (Å²) in [5.41, 5.74) is 0. The van der Waals surface area contributed by atoms with E-state index in [1.807, 2.05) is 0 Å². The molecule has 0 saturated carbocycles. The first kappa shape index (κ1) is 13.6. The zero-order chi connectivity index (χ0) is 12.7. The Bertz CT molecular complexity index is 392. The summed E-state index contributed by atoms with van der Waals surface area (Å²) >= 11 is 0.886. The number of nitro groups is 1. The van der Waals surface area contributed by atoms with Crippen LogP contribution in [0.2, 0.25) is 0 Å². The average molecular weight is 257 g/mol. The molecular formula is C10H15N3O3S. The minimum Gasteiger partial charge on any atom is -0.350 e. The number of hydrogen-bond donors (Lipinski definition) is 2. The number of carbonyl (C=O) groups is 1. The van der Waals surface area contributed by atoms with Crippen molar-refractivity contribution in [2.45, 2.75) is 13.3 Å². The van der Waals surface area contributed by atoms with Gasteiger partial charge in [0.25, 0.3) is 5.91 Å². The van der Waals surface area contributed by atoms with E-state index in [2.05, 4.69) is 17.6 Å². The Balaban J connectivity index is 2.34. The van der Waals surface area contributed by atoms with Gasteiger partial charge in [-0.25, -0.2) is 0 Å². The molecule has 0 spiro atoms. The molecule has 0 atom stereocenters. The van der Waals surface area contributed by atoms with Gasteiger partial charge in [-0.15, -0.1) is 0 Å². The van der Waals surface area contributed by atoms with Crippen molar-refractivity contribution in [1.29, 1.82) is 0 Å². The van der Waals surface area contributed by atoms with Crippen molar-refractivity contribution in [2.24, 2.45) is 0 Å². The molecule has 0 aliphatic heterocycles. The monoisotopic (exact) mass is 257 g/mol. The van der Waals surface area contributed by atoms with Crippen LogP contribution < -0.4 is 10.6 Å². The molecule has 0 radical (unpaired) electrons. The maximum Gasteiger partial charge on any atom is 0.324 e. The Labute approximate surface area is 103 Å². The van der Waals surface area contributed by atoms with Gasteiger partial charge in [0.05, 0.1) is 9.80 Å². The fraction of sp³-hybridized carbons (Fsp3) is 0.500. The third-order valence-electron chi connectivity index (χ3n) is 2.01. The van der Waals surface area contributed by atoms with E-state index in [0.717, 1.165) is 24.3 Å². The maximum atomic E-state index is 11.6. The van der Waals surface area contributed by atoms with E-state index < -0.39 is 4.92 Å². The number of rotatable bonds is 7. The Kier molecular flexibility index (Phi) is 5.58. The first-order valence-corrected chi connectivity index (χ1v) is 6.20. The van der Waals surface area contributed by atoms with Gasteiger partial charge < -0.3 is 10.6 Å². The Morgan fingerprint density at radius 1 is 1.41 bits per heavy atom. The lowest BCUT2D eigenvalue weighted by Gasteiger charge is -2.04. The topological polar surface area (TPSA) is 84.3 Å². The third kappa shape index (κ3) is 4.49. The van der Waals surface area contributed by atoms with E-state index in [9.17, 15) is 14.9 Å². The maximum absolute atomic E-state index is 11.6. The van der Waals surface area contributed by atoms with Crippen molar-refractivity contribution in [3.63, 3.8) is 0 Å². The highest BCUT2D eigenvalue weighted by atomic mass is 32.1. The molecule has 0 aliphatic carbocycles. The molecule has 0 fully saturated rings. The van der Waals surface area contributed by atoms with Crippen LogP contribution in [0.4, 0.5) is 5.00 Å². The number of thiophene rings is 1. The van der Waals surface area contributed by atoms with E-state index >= 15 is 0 Å². The molecule has 0 saturated heterocycles. The van der Waals surface area contributed by atoms with Crippen molar-refractivity contribution in [3.8, 4) is 0 Å². The second kappa shape index (κ2) is 6.97. The predicted octanol–water partition coefficient (Wildman–Crippen LogP) is 1.39. The standard InChI is InChI=1S/C10H15N3O3S/c1-2-5-11-6-7-12-10(14)8-3-4-9(17-8)13(15)16/h3-4,11H,2,5-7H2,1H3,(H,12,14). The number of amides is 1. The van der Waals surface area contributed by atoms with E-state index in [0.29, 0.717) is 18.0 Å². The van der Waals surface area contributed by atoms with Gasteiger partial charge in [0.2, 0.25) is 0 Å². The summed E-state index contributed by atoms with van der Waals surface area (Å²) in [6.07, 6.45) is 1.05. The van der Waals surface area contributed by atoms with Gasteiger partial charge in [0.1, 0.15) is 0 Å². The second-order valence-corrected chi connectivity index (χ2v) is 4.46. The Morgan fingerprint density at radius 2 is 2.18 bits per heavy atom. The fourth-order valence-electron chi connectivity index (χ4n) is 1.20. The molecule has 17 heavy (non-hydrogen) atoms. The predicted molar refractivity (Wildman–Crippen MR) is 66.5 cm³/mol. The molecular weight excluding hydrogens is 242 g/mol. The van der Waals surface area contributed by atoms with Crippen molar-refractivity contribution in [1.82, 2.24) is 10.6 Å². The van der Waals surface area contributed by atoms with Crippen LogP contribution in [0.1, 0.15) is 23.0 Å². The average Bonchev–Trinajstić information content (AvgIpc) is 2.78. The fourth-order valence-corrected chi connectivity index (χ4v) is 1.94. The SMILES string of the molecule is CCCNCCNC(=O)c1ccc([N+](=O)[O-])s1. The highest BCUT2D eigenvalue weighted by molar-refractivity contribution is 7.17. The summed E-state index contributed by atoms with van der Waals surface area (Å²) in [5.74, 6) is -0.263. The lowest BCUT2D eigenvalue weighted by Crippen LogP contribution is -2.31. The lowest BCUT2D eigenvalue weighted by molar-refractivity contribution is -0.380. The molecule has 6 nitrogen and oxygen atoms in total. The summed E-state index contributed by atoms with van der Waals surface area (Å²) in [4.78, 5) is 21.9. The minimum atomic E-state index is -0.496. The smallest absolute Gasteiger partial charge is 0.324 e. The minimum absolute atomic E-state index is 0.0146. The van der Waals surface area contributed by atoms with Gasteiger partial charge in [-0.3, -0.25) is 14.9 Å². The molecule has 94 valence electrons. The van der Waals surface area contributed by atoms with Crippen LogP contribution in [0, 0.1) is 10.1 Å². The summed E-state index contributed by atoms with van der Waals surface area (Å²) in [6, 6.07) is 2.81. The van der Waals surface area contributed by atoms with Crippen molar-refractivity contribution in [2.75, 3.05) is 19.6 Å². The lowest BCUT2D eigenvalue weighted by atomic mass is 10.4. The normalized spacial score (nSPS) is 10.2. The molecule has 1 aromatic rings. The molecule has 0 aromatic carbocycles. The molecule has 1 heterocycles. The Morgan fingerprint density at radius 3 is 2.76 bits per heavy atom. The molecule has 0 unspecified atom stereocenters. The quantitative estimate of drug-likeness (QED) is 0.439. The van der Waals surface area contributed by atoms with E-state index in [1.54, 1.807) is 0 Å². The molecule has 1 rings (SSSR count). The molecule has 0 aliphatic rings. The largest absolute Gasteiger partial charge is 0.350 e. The van der Waals surface area contributed by atoms with Gasteiger partial charge >= 0.3 is 5.00 Å². The first-order chi connectivity index (χ1) is 8.15. The zero-order valence-electron chi connectivity index (χ0n) is 9.56. The number of hydrogen-bond acceptors (Lipinski definition) is 5. The molecule has 7 heteroatoms. The van der Waals surface area contributed by atoms with Gasteiger partial charge in [0, 0.05) is 19.2 Å². The van der Waals surface area contributed by atoms with Crippen LogP contribution in [0.25, 0.3) is 0 Å². The highest BCUT2D eigenvalue weighted by Crippen LogP contribution is 2.23. The Hall–Kier alpha value is -1.47. The summed E-state index contributed by atoms with van der Waals surface area (Å²) in [6.45, 7) is 4.20.